The van der Waals surface area contributed by atoms with Gasteiger partial charge in [0.1, 0.15) is 23.1 Å². The number of rotatable bonds is 7. The standard InChI is InChI=1S/C21H23N3O3/c1-23(2)13-21-22-12-18(24(21)3)15-8-10-16(11-9-15)27-20-7-5-6-19(26-4)17(20)14-25/h5-12,14H,13H2,1-4H3. The molecular formula is C21H23N3O3. The summed E-state index contributed by atoms with van der Waals surface area (Å²) in [5.74, 6) is 2.60. The van der Waals surface area contributed by atoms with Crippen LogP contribution in [0.1, 0.15) is 16.2 Å². The first-order chi connectivity index (χ1) is 13.0. The van der Waals surface area contributed by atoms with Crippen molar-refractivity contribution in [2.24, 2.45) is 7.05 Å². The van der Waals surface area contributed by atoms with E-state index in [-0.39, 0.29) is 0 Å². The highest BCUT2D eigenvalue weighted by Crippen LogP contribution is 2.31. The van der Waals surface area contributed by atoms with Gasteiger partial charge >= 0.3 is 0 Å². The Balaban J connectivity index is 1.83. The number of carbonyl (C=O) groups is 1. The first kappa shape index (κ1) is 18.7. The van der Waals surface area contributed by atoms with Gasteiger partial charge in [-0.3, -0.25) is 4.79 Å². The lowest BCUT2D eigenvalue weighted by Crippen LogP contribution is -2.14. The summed E-state index contributed by atoms with van der Waals surface area (Å²) in [7, 11) is 7.58. The highest BCUT2D eigenvalue weighted by Gasteiger charge is 2.12. The van der Waals surface area contributed by atoms with Crippen molar-refractivity contribution in [1.29, 1.82) is 0 Å². The van der Waals surface area contributed by atoms with Crippen LogP contribution in [-0.4, -0.2) is 41.9 Å². The van der Waals surface area contributed by atoms with Crippen LogP contribution in [0.25, 0.3) is 11.3 Å². The van der Waals surface area contributed by atoms with Crippen LogP contribution in [0.2, 0.25) is 0 Å². The Morgan fingerprint density at radius 2 is 1.81 bits per heavy atom. The maximum Gasteiger partial charge on any atom is 0.157 e. The molecule has 1 heterocycles. The third-order valence-electron chi connectivity index (χ3n) is 4.28. The molecule has 0 bridgehead atoms. The average molecular weight is 365 g/mol. The second-order valence-electron chi connectivity index (χ2n) is 6.47. The van der Waals surface area contributed by atoms with E-state index in [0.29, 0.717) is 22.8 Å². The van der Waals surface area contributed by atoms with Crippen LogP contribution in [0.4, 0.5) is 0 Å². The number of methoxy groups -OCH3 is 1. The molecule has 6 heteroatoms. The molecule has 0 aliphatic carbocycles. The first-order valence-electron chi connectivity index (χ1n) is 8.59. The zero-order valence-electron chi connectivity index (χ0n) is 16.0. The number of nitrogens with zero attached hydrogens (tertiary/aromatic N) is 3. The summed E-state index contributed by atoms with van der Waals surface area (Å²) in [5, 5.41) is 0. The predicted molar refractivity (Wildman–Crippen MR) is 104 cm³/mol. The van der Waals surface area contributed by atoms with Crippen LogP contribution in [0.15, 0.2) is 48.7 Å². The molecule has 3 rings (SSSR count). The van der Waals surface area contributed by atoms with Crippen LogP contribution in [0, 0.1) is 0 Å². The fourth-order valence-electron chi connectivity index (χ4n) is 2.87. The molecule has 0 unspecified atom stereocenters. The van der Waals surface area contributed by atoms with E-state index in [1.807, 2.05) is 51.6 Å². The quantitative estimate of drug-likeness (QED) is 0.597. The molecule has 0 amide bonds. The molecule has 0 radical (unpaired) electrons. The van der Waals surface area contributed by atoms with Crippen LogP contribution < -0.4 is 9.47 Å². The fourth-order valence-corrected chi connectivity index (χ4v) is 2.87. The lowest BCUT2D eigenvalue weighted by atomic mass is 10.1. The second-order valence-corrected chi connectivity index (χ2v) is 6.47. The molecule has 0 spiro atoms. The van der Waals surface area contributed by atoms with E-state index in [4.69, 9.17) is 9.47 Å². The van der Waals surface area contributed by atoms with Crippen molar-refractivity contribution >= 4 is 6.29 Å². The molecule has 1 aromatic heterocycles. The van der Waals surface area contributed by atoms with E-state index in [2.05, 4.69) is 14.5 Å². The Morgan fingerprint density at radius 3 is 2.44 bits per heavy atom. The molecular weight excluding hydrogens is 342 g/mol. The number of hydrogen-bond donors (Lipinski definition) is 0. The molecule has 0 saturated carbocycles. The molecule has 0 fully saturated rings. The summed E-state index contributed by atoms with van der Waals surface area (Å²) in [6, 6.07) is 13.0. The molecule has 3 aromatic rings. The minimum Gasteiger partial charge on any atom is -0.496 e. The van der Waals surface area contributed by atoms with Gasteiger partial charge in [0.05, 0.1) is 31.1 Å². The molecule has 140 valence electrons. The summed E-state index contributed by atoms with van der Waals surface area (Å²) in [5.41, 5.74) is 2.47. The summed E-state index contributed by atoms with van der Waals surface area (Å²) >= 11 is 0. The number of carbonyl (C=O) groups excluding carboxylic acids is 1. The predicted octanol–water partition coefficient (Wildman–Crippen LogP) is 3.76. The van der Waals surface area contributed by atoms with Crippen LogP contribution in [-0.2, 0) is 13.6 Å². The molecule has 2 aromatic carbocycles. The van der Waals surface area contributed by atoms with Gasteiger partial charge in [0.25, 0.3) is 0 Å². The van der Waals surface area contributed by atoms with Gasteiger partial charge in [-0.2, -0.15) is 0 Å². The monoisotopic (exact) mass is 365 g/mol. The SMILES string of the molecule is COc1cccc(Oc2ccc(-c3cnc(CN(C)C)n3C)cc2)c1C=O. The van der Waals surface area contributed by atoms with Gasteiger partial charge in [0.15, 0.2) is 6.29 Å². The van der Waals surface area contributed by atoms with E-state index < -0.39 is 0 Å². The van der Waals surface area contributed by atoms with E-state index in [1.54, 1.807) is 18.2 Å². The average Bonchev–Trinajstić information content (AvgIpc) is 3.02. The Bertz CT molecular complexity index is 930. The van der Waals surface area contributed by atoms with Crippen molar-refractivity contribution in [1.82, 2.24) is 14.5 Å². The summed E-state index contributed by atoms with van der Waals surface area (Å²) in [6.07, 6.45) is 2.62. The fraction of sp³-hybridized carbons (Fsp3) is 0.238. The molecule has 0 aliphatic heterocycles. The molecule has 0 N–H and O–H groups in total. The van der Waals surface area contributed by atoms with Gasteiger partial charge in [-0.25, -0.2) is 4.98 Å². The maximum atomic E-state index is 11.4. The minimum atomic E-state index is 0.393. The number of hydrogen-bond acceptors (Lipinski definition) is 5. The van der Waals surface area contributed by atoms with Gasteiger partial charge in [0, 0.05) is 12.6 Å². The lowest BCUT2D eigenvalue weighted by molar-refractivity contribution is 0.111. The molecule has 6 nitrogen and oxygen atoms in total. The number of imidazole rings is 1. The second kappa shape index (κ2) is 8.05. The number of aromatic nitrogens is 2. The highest BCUT2D eigenvalue weighted by molar-refractivity contribution is 5.83. The van der Waals surface area contributed by atoms with Gasteiger partial charge < -0.3 is 18.9 Å². The van der Waals surface area contributed by atoms with Crippen LogP contribution in [0.3, 0.4) is 0 Å². The summed E-state index contributed by atoms with van der Waals surface area (Å²) < 4.78 is 13.2. The van der Waals surface area contributed by atoms with Crippen molar-refractivity contribution in [2.45, 2.75) is 6.54 Å². The number of benzene rings is 2. The molecule has 0 atom stereocenters. The molecule has 0 aliphatic rings. The van der Waals surface area contributed by atoms with Crippen molar-refractivity contribution in [2.75, 3.05) is 21.2 Å². The normalized spacial score (nSPS) is 10.9. The van der Waals surface area contributed by atoms with E-state index in [1.165, 1.54) is 7.11 Å². The van der Waals surface area contributed by atoms with Crippen LogP contribution in [0.5, 0.6) is 17.2 Å². The van der Waals surface area contributed by atoms with Crippen molar-refractivity contribution < 1.29 is 14.3 Å². The van der Waals surface area contributed by atoms with E-state index >= 15 is 0 Å². The smallest absolute Gasteiger partial charge is 0.157 e. The zero-order chi connectivity index (χ0) is 19.4. The Hall–Kier alpha value is -3.12. The Kier molecular flexibility index (Phi) is 5.57. The van der Waals surface area contributed by atoms with E-state index in [0.717, 1.165) is 29.9 Å². The highest BCUT2D eigenvalue weighted by atomic mass is 16.5. The lowest BCUT2D eigenvalue weighted by Gasteiger charge is -2.12. The van der Waals surface area contributed by atoms with Crippen molar-refractivity contribution in [3.05, 3.63) is 60.0 Å². The first-order valence-corrected chi connectivity index (χ1v) is 8.59. The number of ether oxygens (including phenoxy) is 2. The van der Waals surface area contributed by atoms with E-state index in [9.17, 15) is 4.79 Å². The van der Waals surface area contributed by atoms with Gasteiger partial charge in [0.2, 0.25) is 0 Å². The third kappa shape index (κ3) is 4.01. The van der Waals surface area contributed by atoms with Gasteiger partial charge in [-0.1, -0.05) is 6.07 Å². The Labute approximate surface area is 159 Å². The topological polar surface area (TPSA) is 56.6 Å². The summed E-state index contributed by atoms with van der Waals surface area (Å²) in [6.45, 7) is 0.780. The minimum absolute atomic E-state index is 0.393. The summed E-state index contributed by atoms with van der Waals surface area (Å²) in [4.78, 5) is 18.0. The molecule has 27 heavy (non-hydrogen) atoms. The van der Waals surface area contributed by atoms with Gasteiger partial charge in [-0.05, 0) is 50.5 Å². The number of aldehydes is 1. The third-order valence-corrected chi connectivity index (χ3v) is 4.28. The zero-order valence-corrected chi connectivity index (χ0v) is 16.0. The van der Waals surface area contributed by atoms with Crippen molar-refractivity contribution in [3.8, 4) is 28.5 Å². The Morgan fingerprint density at radius 1 is 1.11 bits per heavy atom. The molecule has 0 saturated heterocycles. The van der Waals surface area contributed by atoms with Gasteiger partial charge in [-0.15, -0.1) is 0 Å². The maximum absolute atomic E-state index is 11.4. The van der Waals surface area contributed by atoms with Crippen LogP contribution >= 0.6 is 0 Å². The van der Waals surface area contributed by atoms with Crippen molar-refractivity contribution in [3.63, 3.8) is 0 Å². The largest absolute Gasteiger partial charge is 0.496 e.